The molecule has 1 heterocycles. The second kappa shape index (κ2) is 3.73. The molecule has 0 aromatic heterocycles. The van der Waals surface area contributed by atoms with Crippen LogP contribution >= 0.6 is 0 Å². The fourth-order valence-corrected chi connectivity index (χ4v) is 1.60. The van der Waals surface area contributed by atoms with Gasteiger partial charge >= 0.3 is 6.09 Å². The first-order chi connectivity index (χ1) is 7.04. The Hall–Kier alpha value is -1.10. The predicted molar refractivity (Wildman–Crippen MR) is 57.8 cm³/mol. The third-order valence-corrected chi connectivity index (χ3v) is 2.66. The number of hydrogen-bond acceptors (Lipinski definition) is 4. The summed E-state index contributed by atoms with van der Waals surface area (Å²) in [5.41, 5.74) is -1.82. The third-order valence-electron chi connectivity index (χ3n) is 2.66. The zero-order valence-corrected chi connectivity index (χ0v) is 10.4. The normalized spacial score (nSPS) is 30.8. The summed E-state index contributed by atoms with van der Waals surface area (Å²) >= 11 is 0. The maximum absolute atomic E-state index is 11.7. The molecule has 1 rings (SSSR count). The van der Waals surface area contributed by atoms with Gasteiger partial charge in [-0.1, -0.05) is 0 Å². The number of imide groups is 1. The number of amides is 2. The molecule has 1 aliphatic rings. The number of aliphatic hydroxyl groups is 1. The average Bonchev–Trinajstić information content (AvgIpc) is 2.17. The number of rotatable bonds is 0. The second-order valence-corrected chi connectivity index (χ2v) is 5.45. The minimum absolute atomic E-state index is 0.0482. The molecular formula is C11H19NO4. The number of ether oxygens (including phenoxy) is 1. The van der Waals surface area contributed by atoms with Gasteiger partial charge in [0, 0.05) is 0 Å². The van der Waals surface area contributed by atoms with Crippen LogP contribution in [0.15, 0.2) is 0 Å². The van der Waals surface area contributed by atoms with Gasteiger partial charge in [-0.2, -0.15) is 0 Å². The molecule has 0 radical (unpaired) electrons. The van der Waals surface area contributed by atoms with E-state index in [0.717, 1.165) is 4.90 Å². The summed E-state index contributed by atoms with van der Waals surface area (Å²) in [5, 5.41) is 9.88. The number of nitrogens with zero attached hydrogens (tertiary/aromatic N) is 1. The number of likely N-dealkylation sites (tertiary alicyclic amines) is 1. The minimum Gasteiger partial charge on any atom is -0.443 e. The lowest BCUT2D eigenvalue weighted by Gasteiger charge is -2.28. The van der Waals surface area contributed by atoms with Crippen LogP contribution in [0.2, 0.25) is 0 Å². The highest BCUT2D eigenvalue weighted by molar-refractivity contribution is 5.95. The molecule has 0 saturated carbocycles. The summed E-state index contributed by atoms with van der Waals surface area (Å²) in [6, 6.07) is -0.560. The van der Waals surface area contributed by atoms with E-state index in [1.807, 2.05) is 0 Å². The van der Waals surface area contributed by atoms with Crippen molar-refractivity contribution in [2.75, 3.05) is 0 Å². The van der Waals surface area contributed by atoms with Crippen molar-refractivity contribution in [3.05, 3.63) is 0 Å². The van der Waals surface area contributed by atoms with Crippen LogP contribution in [0.25, 0.3) is 0 Å². The van der Waals surface area contributed by atoms with E-state index in [1.54, 1.807) is 34.6 Å². The number of carbonyl (C=O) groups excluding carboxylic acids is 2. The first-order valence-electron chi connectivity index (χ1n) is 5.32. The summed E-state index contributed by atoms with van der Waals surface area (Å²) < 4.78 is 5.11. The molecule has 1 fully saturated rings. The Bertz CT molecular complexity index is 316. The largest absolute Gasteiger partial charge is 0.443 e. The number of hydrogen-bond donors (Lipinski definition) is 1. The van der Waals surface area contributed by atoms with Gasteiger partial charge in [-0.05, 0) is 34.6 Å². The molecule has 1 saturated heterocycles. The van der Waals surface area contributed by atoms with Gasteiger partial charge < -0.3 is 9.84 Å². The van der Waals surface area contributed by atoms with E-state index < -0.39 is 29.2 Å². The average molecular weight is 229 g/mol. The molecule has 2 atom stereocenters. The van der Waals surface area contributed by atoms with Crippen LogP contribution in [-0.4, -0.2) is 39.3 Å². The molecule has 1 aliphatic heterocycles. The lowest BCUT2D eigenvalue weighted by molar-refractivity contribution is -0.127. The predicted octanol–water partition coefficient (Wildman–Crippen LogP) is 1.29. The molecule has 92 valence electrons. The van der Waals surface area contributed by atoms with Gasteiger partial charge in [-0.15, -0.1) is 0 Å². The molecular weight excluding hydrogens is 210 g/mol. The van der Waals surface area contributed by atoms with E-state index in [2.05, 4.69) is 0 Å². The molecule has 0 spiro atoms. The fraction of sp³-hybridized carbons (Fsp3) is 0.818. The summed E-state index contributed by atoms with van der Waals surface area (Å²) in [6.45, 7) is 8.37. The van der Waals surface area contributed by atoms with Crippen molar-refractivity contribution in [3.8, 4) is 0 Å². The van der Waals surface area contributed by atoms with E-state index in [4.69, 9.17) is 4.74 Å². The van der Waals surface area contributed by atoms with Crippen LogP contribution in [0.5, 0.6) is 0 Å². The lowest BCUT2D eigenvalue weighted by Crippen LogP contribution is -2.46. The highest BCUT2D eigenvalue weighted by atomic mass is 16.6. The maximum atomic E-state index is 11.7. The van der Waals surface area contributed by atoms with Gasteiger partial charge in [0.05, 0.1) is 18.1 Å². The van der Waals surface area contributed by atoms with Crippen molar-refractivity contribution in [2.45, 2.75) is 58.3 Å². The van der Waals surface area contributed by atoms with E-state index in [9.17, 15) is 14.7 Å². The molecule has 5 heteroatoms. The van der Waals surface area contributed by atoms with Crippen LogP contribution in [0, 0.1) is 0 Å². The van der Waals surface area contributed by atoms with Gasteiger partial charge in [0.15, 0.2) is 0 Å². The smallest absolute Gasteiger partial charge is 0.417 e. The lowest BCUT2D eigenvalue weighted by atomic mass is 9.99. The van der Waals surface area contributed by atoms with Gasteiger partial charge in [0.25, 0.3) is 0 Å². The van der Waals surface area contributed by atoms with Crippen LogP contribution in [-0.2, 0) is 9.53 Å². The molecule has 0 unspecified atom stereocenters. The SMILES string of the molecule is C[C@@H]1N(C(=O)OC(C)(C)C)C(=O)C[C@]1(C)O. The van der Waals surface area contributed by atoms with Crippen LogP contribution in [0.4, 0.5) is 4.79 Å². The molecule has 5 nitrogen and oxygen atoms in total. The molecule has 2 amide bonds. The van der Waals surface area contributed by atoms with Crippen molar-refractivity contribution in [1.29, 1.82) is 0 Å². The third kappa shape index (κ3) is 2.52. The highest BCUT2D eigenvalue weighted by Crippen LogP contribution is 2.30. The zero-order chi connectivity index (χ0) is 12.7. The molecule has 0 aromatic carbocycles. The van der Waals surface area contributed by atoms with E-state index in [0.29, 0.717) is 0 Å². The van der Waals surface area contributed by atoms with E-state index >= 15 is 0 Å². The van der Waals surface area contributed by atoms with Crippen molar-refractivity contribution in [1.82, 2.24) is 4.90 Å². The quantitative estimate of drug-likeness (QED) is 0.679. The van der Waals surface area contributed by atoms with Gasteiger partial charge in [0.2, 0.25) is 5.91 Å². The Balaban J connectivity index is 2.82. The number of carbonyl (C=O) groups is 2. The standard InChI is InChI=1S/C11H19NO4/c1-7-11(5,15)6-8(13)12(7)9(14)16-10(2,3)4/h7,15H,6H2,1-5H3/t7-,11-/m0/s1. The first kappa shape index (κ1) is 13.0. The Kier molecular flexibility index (Phi) is 3.02. The van der Waals surface area contributed by atoms with Gasteiger partial charge in [0.1, 0.15) is 5.60 Å². The topological polar surface area (TPSA) is 66.8 Å². The maximum Gasteiger partial charge on any atom is 0.417 e. The molecule has 0 aliphatic carbocycles. The van der Waals surface area contributed by atoms with Crippen molar-refractivity contribution in [3.63, 3.8) is 0 Å². The second-order valence-electron chi connectivity index (χ2n) is 5.45. The van der Waals surface area contributed by atoms with Crippen LogP contribution in [0.3, 0.4) is 0 Å². The fourth-order valence-electron chi connectivity index (χ4n) is 1.60. The van der Waals surface area contributed by atoms with Crippen molar-refractivity contribution < 1.29 is 19.4 Å². The minimum atomic E-state index is -1.17. The van der Waals surface area contributed by atoms with E-state index in [1.165, 1.54) is 0 Å². The molecule has 0 bridgehead atoms. The Morgan fingerprint density at radius 1 is 1.56 bits per heavy atom. The molecule has 1 N–H and O–H groups in total. The molecule has 0 aromatic rings. The van der Waals surface area contributed by atoms with Gasteiger partial charge in [-0.25, -0.2) is 9.69 Å². The summed E-state index contributed by atoms with van der Waals surface area (Å²) in [7, 11) is 0. The highest BCUT2D eigenvalue weighted by Gasteiger charge is 2.48. The summed E-state index contributed by atoms with van der Waals surface area (Å²) in [4.78, 5) is 24.3. The van der Waals surface area contributed by atoms with Crippen LogP contribution < -0.4 is 0 Å². The van der Waals surface area contributed by atoms with Crippen LogP contribution in [0.1, 0.15) is 41.0 Å². The molecule has 16 heavy (non-hydrogen) atoms. The summed E-state index contributed by atoms with van der Waals surface area (Å²) in [6.07, 6.45) is -0.740. The van der Waals surface area contributed by atoms with Crippen molar-refractivity contribution >= 4 is 12.0 Å². The van der Waals surface area contributed by atoms with E-state index in [-0.39, 0.29) is 6.42 Å². The summed E-state index contributed by atoms with van der Waals surface area (Å²) in [5.74, 6) is -0.397. The Morgan fingerprint density at radius 3 is 2.38 bits per heavy atom. The van der Waals surface area contributed by atoms with Gasteiger partial charge in [-0.3, -0.25) is 4.79 Å². The first-order valence-corrected chi connectivity index (χ1v) is 5.32. The zero-order valence-electron chi connectivity index (χ0n) is 10.4. The Labute approximate surface area is 95.4 Å². The van der Waals surface area contributed by atoms with Crippen molar-refractivity contribution in [2.24, 2.45) is 0 Å². The monoisotopic (exact) mass is 229 g/mol. The Morgan fingerprint density at radius 2 is 2.06 bits per heavy atom.